The lowest BCUT2D eigenvalue weighted by atomic mass is 10.2. The maximum atomic E-state index is 11.7. The molecule has 0 saturated heterocycles. The number of fused-ring (bicyclic) bond motifs is 1. The van der Waals surface area contributed by atoms with Crippen LogP contribution in [0.5, 0.6) is 0 Å². The van der Waals surface area contributed by atoms with Crippen molar-refractivity contribution in [2.24, 2.45) is 16.5 Å². The number of guanidine groups is 1. The molecule has 6 nitrogen and oxygen atoms in total. The number of carbonyl (C=O) groups excluding carboxylic acids is 1. The zero-order chi connectivity index (χ0) is 13.1. The van der Waals surface area contributed by atoms with Gasteiger partial charge < -0.3 is 21.8 Å². The summed E-state index contributed by atoms with van der Waals surface area (Å²) in [4.78, 5) is 18.8. The first-order chi connectivity index (χ1) is 8.61. The number of para-hydroxylation sites is 1. The van der Waals surface area contributed by atoms with Crippen LogP contribution in [0.4, 0.5) is 5.69 Å². The van der Waals surface area contributed by atoms with Crippen LogP contribution in [0.2, 0.25) is 0 Å². The fourth-order valence-electron chi connectivity index (χ4n) is 1.75. The van der Waals surface area contributed by atoms with E-state index in [0.717, 1.165) is 10.9 Å². The Bertz CT molecular complexity index is 610. The van der Waals surface area contributed by atoms with Crippen molar-refractivity contribution in [3.63, 3.8) is 0 Å². The molecule has 0 spiro atoms. The van der Waals surface area contributed by atoms with E-state index >= 15 is 0 Å². The van der Waals surface area contributed by atoms with Crippen molar-refractivity contribution in [2.45, 2.75) is 6.92 Å². The summed E-state index contributed by atoms with van der Waals surface area (Å²) in [6.07, 6.45) is 0. The molecule has 6 heteroatoms. The number of amides is 1. The third-order valence-electron chi connectivity index (χ3n) is 2.47. The Morgan fingerprint density at radius 3 is 2.89 bits per heavy atom. The zero-order valence-electron chi connectivity index (χ0n) is 10.0. The Morgan fingerprint density at radius 1 is 1.44 bits per heavy atom. The quantitative estimate of drug-likeness (QED) is 0.474. The molecule has 1 amide bonds. The van der Waals surface area contributed by atoms with Crippen LogP contribution >= 0.6 is 0 Å². The van der Waals surface area contributed by atoms with Crippen molar-refractivity contribution in [2.75, 3.05) is 6.54 Å². The molecule has 0 saturated carbocycles. The van der Waals surface area contributed by atoms with E-state index < -0.39 is 0 Å². The van der Waals surface area contributed by atoms with Crippen molar-refractivity contribution >= 4 is 28.5 Å². The summed E-state index contributed by atoms with van der Waals surface area (Å²) in [5.74, 6) is -0.166. The highest BCUT2D eigenvalue weighted by Crippen LogP contribution is 2.25. The van der Waals surface area contributed by atoms with Gasteiger partial charge in [-0.2, -0.15) is 0 Å². The molecular formula is C12H15N5O. The molecular weight excluding hydrogens is 230 g/mol. The lowest BCUT2D eigenvalue weighted by Gasteiger charge is -1.98. The third kappa shape index (κ3) is 2.27. The molecule has 0 aliphatic carbocycles. The molecule has 0 atom stereocenters. The van der Waals surface area contributed by atoms with E-state index in [1.54, 1.807) is 12.1 Å². The Kier molecular flexibility index (Phi) is 3.18. The number of H-pyrrole nitrogens is 1. The van der Waals surface area contributed by atoms with Crippen LogP contribution in [0, 0.1) is 0 Å². The smallest absolute Gasteiger partial charge is 0.267 e. The summed E-state index contributed by atoms with van der Waals surface area (Å²) < 4.78 is 0. The van der Waals surface area contributed by atoms with Crippen molar-refractivity contribution < 1.29 is 4.79 Å². The van der Waals surface area contributed by atoms with Gasteiger partial charge in [-0.15, -0.1) is 0 Å². The van der Waals surface area contributed by atoms with Gasteiger partial charge in [0, 0.05) is 11.9 Å². The average molecular weight is 245 g/mol. The van der Waals surface area contributed by atoms with Crippen LogP contribution < -0.4 is 16.8 Å². The summed E-state index contributed by atoms with van der Waals surface area (Å²) in [5, 5.41) is 3.62. The number of aromatic amines is 1. The molecule has 0 radical (unpaired) electrons. The summed E-state index contributed by atoms with van der Waals surface area (Å²) >= 11 is 0. The van der Waals surface area contributed by atoms with E-state index in [4.69, 9.17) is 11.5 Å². The van der Waals surface area contributed by atoms with Crippen LogP contribution in [0.15, 0.2) is 29.3 Å². The Morgan fingerprint density at radius 2 is 2.22 bits per heavy atom. The van der Waals surface area contributed by atoms with Crippen LogP contribution in [0.25, 0.3) is 10.9 Å². The summed E-state index contributed by atoms with van der Waals surface area (Å²) in [6, 6.07) is 7.27. The van der Waals surface area contributed by atoms with Gasteiger partial charge >= 0.3 is 0 Å². The molecule has 1 heterocycles. The number of aromatic nitrogens is 1. The Hall–Kier alpha value is -2.50. The molecule has 94 valence electrons. The molecule has 0 bridgehead atoms. The maximum Gasteiger partial charge on any atom is 0.267 e. The highest BCUT2D eigenvalue weighted by Gasteiger charge is 2.10. The Labute approximate surface area is 104 Å². The molecule has 1 aromatic heterocycles. The highest BCUT2D eigenvalue weighted by atomic mass is 16.1. The predicted molar refractivity (Wildman–Crippen MR) is 71.8 cm³/mol. The predicted octanol–water partition coefficient (Wildman–Crippen LogP) is 0.823. The molecule has 0 unspecified atom stereocenters. The number of nitrogens with one attached hydrogen (secondary N) is 2. The summed E-state index contributed by atoms with van der Waals surface area (Å²) in [6.45, 7) is 2.44. The van der Waals surface area contributed by atoms with Crippen molar-refractivity contribution in [3.05, 3.63) is 30.0 Å². The van der Waals surface area contributed by atoms with E-state index in [9.17, 15) is 4.79 Å². The van der Waals surface area contributed by atoms with Gasteiger partial charge in [-0.05, 0) is 19.1 Å². The number of carbonyl (C=O) groups is 1. The van der Waals surface area contributed by atoms with E-state index in [-0.39, 0.29) is 11.9 Å². The molecule has 1 aromatic carbocycles. The standard InChI is InChI=1S/C12H15N5O/c1-2-15-11(18)9-6-7-4-3-5-8(10(7)16-9)17-12(13)14/h3-6,16H,2H2,1H3,(H,15,18)(H4,13,14,17). The van der Waals surface area contributed by atoms with Crippen LogP contribution in [0.3, 0.4) is 0 Å². The monoisotopic (exact) mass is 245 g/mol. The molecule has 6 N–H and O–H groups in total. The van der Waals surface area contributed by atoms with E-state index in [1.165, 1.54) is 0 Å². The number of rotatable bonds is 3. The number of nitrogens with two attached hydrogens (primary N) is 2. The first kappa shape index (κ1) is 12.0. The highest BCUT2D eigenvalue weighted by molar-refractivity contribution is 6.01. The normalized spacial score (nSPS) is 10.3. The van der Waals surface area contributed by atoms with Crippen LogP contribution in [0.1, 0.15) is 17.4 Å². The van der Waals surface area contributed by atoms with Gasteiger partial charge in [0.2, 0.25) is 0 Å². The largest absolute Gasteiger partial charge is 0.370 e. The van der Waals surface area contributed by atoms with E-state index in [1.807, 2.05) is 19.1 Å². The number of nitrogens with zero attached hydrogens (tertiary/aromatic N) is 1. The van der Waals surface area contributed by atoms with Gasteiger partial charge in [0.15, 0.2) is 5.96 Å². The number of benzene rings is 1. The van der Waals surface area contributed by atoms with E-state index in [2.05, 4.69) is 15.3 Å². The topological polar surface area (TPSA) is 109 Å². The number of aliphatic imine (C=N–C) groups is 1. The minimum Gasteiger partial charge on any atom is -0.370 e. The fraction of sp³-hybridized carbons (Fsp3) is 0.167. The summed E-state index contributed by atoms with van der Waals surface area (Å²) in [7, 11) is 0. The first-order valence-corrected chi connectivity index (χ1v) is 5.61. The van der Waals surface area contributed by atoms with Gasteiger partial charge in [-0.25, -0.2) is 4.99 Å². The van der Waals surface area contributed by atoms with Crippen LogP contribution in [-0.4, -0.2) is 23.4 Å². The van der Waals surface area contributed by atoms with E-state index in [0.29, 0.717) is 17.9 Å². The third-order valence-corrected chi connectivity index (χ3v) is 2.47. The summed E-state index contributed by atoms with van der Waals surface area (Å²) in [5.41, 5.74) is 12.6. The second-order valence-electron chi connectivity index (χ2n) is 3.82. The molecule has 0 fully saturated rings. The second-order valence-corrected chi connectivity index (χ2v) is 3.82. The molecule has 0 aliphatic rings. The van der Waals surface area contributed by atoms with Crippen molar-refractivity contribution in [3.8, 4) is 0 Å². The molecule has 2 aromatic rings. The molecule has 18 heavy (non-hydrogen) atoms. The Balaban J connectivity index is 2.51. The van der Waals surface area contributed by atoms with Gasteiger partial charge in [0.05, 0.1) is 11.2 Å². The zero-order valence-corrected chi connectivity index (χ0v) is 10.0. The minimum absolute atomic E-state index is 0.0170. The molecule has 0 aliphatic heterocycles. The first-order valence-electron chi connectivity index (χ1n) is 5.61. The second kappa shape index (κ2) is 4.79. The van der Waals surface area contributed by atoms with Gasteiger partial charge in [0.25, 0.3) is 5.91 Å². The van der Waals surface area contributed by atoms with Gasteiger partial charge in [0.1, 0.15) is 5.69 Å². The average Bonchev–Trinajstić information content (AvgIpc) is 2.73. The lowest BCUT2D eigenvalue weighted by molar-refractivity contribution is 0.0951. The fourth-order valence-corrected chi connectivity index (χ4v) is 1.75. The van der Waals surface area contributed by atoms with Gasteiger partial charge in [-0.1, -0.05) is 12.1 Å². The SMILES string of the molecule is CCNC(=O)c1cc2cccc(N=C(N)N)c2[nH]1. The number of hydrogen-bond acceptors (Lipinski definition) is 2. The van der Waals surface area contributed by atoms with Crippen LogP contribution in [-0.2, 0) is 0 Å². The minimum atomic E-state index is -0.149. The van der Waals surface area contributed by atoms with Gasteiger partial charge in [-0.3, -0.25) is 4.79 Å². The number of hydrogen-bond donors (Lipinski definition) is 4. The van der Waals surface area contributed by atoms with Crippen molar-refractivity contribution in [1.82, 2.24) is 10.3 Å². The maximum absolute atomic E-state index is 11.7. The molecule has 2 rings (SSSR count). The van der Waals surface area contributed by atoms with Crippen molar-refractivity contribution in [1.29, 1.82) is 0 Å². The lowest BCUT2D eigenvalue weighted by Crippen LogP contribution is -2.22.